The summed E-state index contributed by atoms with van der Waals surface area (Å²) in [6, 6.07) is 9.71. The SMILES string of the molecule is CCN(CC)C(=O)[C@]1(c2ccccc2)C[C@@H]1C(C)N=[N+]=[N-]. The summed E-state index contributed by atoms with van der Waals surface area (Å²) in [7, 11) is 0. The van der Waals surface area contributed by atoms with Gasteiger partial charge >= 0.3 is 0 Å². The molecule has 1 unspecified atom stereocenters. The molecule has 3 atom stereocenters. The summed E-state index contributed by atoms with van der Waals surface area (Å²) in [6.07, 6.45) is 0.756. The maximum absolute atomic E-state index is 13.0. The van der Waals surface area contributed by atoms with Crippen molar-refractivity contribution in [3.8, 4) is 0 Å². The van der Waals surface area contributed by atoms with Crippen molar-refractivity contribution >= 4 is 5.91 Å². The zero-order valence-corrected chi connectivity index (χ0v) is 12.9. The highest BCUT2D eigenvalue weighted by Crippen LogP contribution is 2.57. The molecule has 0 bridgehead atoms. The highest BCUT2D eigenvalue weighted by Gasteiger charge is 2.63. The predicted octanol–water partition coefficient (Wildman–Crippen LogP) is 3.51. The fourth-order valence-electron chi connectivity index (χ4n) is 3.26. The van der Waals surface area contributed by atoms with Crippen LogP contribution in [-0.2, 0) is 10.2 Å². The molecular weight excluding hydrogens is 264 g/mol. The minimum absolute atomic E-state index is 0.0869. The second-order valence-electron chi connectivity index (χ2n) is 5.57. The summed E-state index contributed by atoms with van der Waals surface area (Å²) in [5.41, 5.74) is 9.18. The Morgan fingerprint density at radius 2 is 2.05 bits per heavy atom. The largest absolute Gasteiger partial charge is 0.342 e. The lowest BCUT2D eigenvalue weighted by atomic mass is 9.89. The number of hydrogen-bond acceptors (Lipinski definition) is 2. The first kappa shape index (κ1) is 15.4. The van der Waals surface area contributed by atoms with Crippen molar-refractivity contribution in [3.05, 3.63) is 46.3 Å². The smallest absolute Gasteiger partial charge is 0.233 e. The monoisotopic (exact) mass is 286 g/mol. The summed E-state index contributed by atoms with van der Waals surface area (Å²) >= 11 is 0. The van der Waals surface area contributed by atoms with E-state index in [-0.39, 0.29) is 17.9 Å². The highest BCUT2D eigenvalue weighted by molar-refractivity contribution is 5.92. The van der Waals surface area contributed by atoms with Gasteiger partial charge in [-0.05, 0) is 37.3 Å². The molecule has 1 aromatic rings. The maximum Gasteiger partial charge on any atom is 0.233 e. The third-order valence-corrected chi connectivity index (χ3v) is 4.55. The third-order valence-electron chi connectivity index (χ3n) is 4.55. The van der Waals surface area contributed by atoms with Gasteiger partial charge in [0.15, 0.2) is 0 Å². The van der Waals surface area contributed by atoms with Crippen molar-refractivity contribution < 1.29 is 4.79 Å². The number of hydrogen-bond donors (Lipinski definition) is 0. The van der Waals surface area contributed by atoms with Crippen LogP contribution in [0.4, 0.5) is 0 Å². The maximum atomic E-state index is 13.0. The molecule has 0 spiro atoms. The topological polar surface area (TPSA) is 69.1 Å². The van der Waals surface area contributed by atoms with Gasteiger partial charge in [-0.15, -0.1) is 0 Å². The van der Waals surface area contributed by atoms with Gasteiger partial charge in [0, 0.05) is 24.0 Å². The number of carbonyl (C=O) groups is 1. The summed E-state index contributed by atoms with van der Waals surface area (Å²) in [4.78, 5) is 17.8. The van der Waals surface area contributed by atoms with Crippen molar-refractivity contribution in [2.24, 2.45) is 11.0 Å². The first-order valence-corrected chi connectivity index (χ1v) is 7.50. The van der Waals surface area contributed by atoms with E-state index in [0.717, 1.165) is 12.0 Å². The molecule has 5 nitrogen and oxygen atoms in total. The van der Waals surface area contributed by atoms with E-state index in [1.807, 2.05) is 56.0 Å². The van der Waals surface area contributed by atoms with E-state index >= 15 is 0 Å². The Labute approximate surface area is 125 Å². The zero-order valence-electron chi connectivity index (χ0n) is 12.9. The van der Waals surface area contributed by atoms with Crippen LogP contribution in [0.25, 0.3) is 10.4 Å². The van der Waals surface area contributed by atoms with E-state index in [1.54, 1.807) is 0 Å². The molecule has 1 fully saturated rings. The summed E-state index contributed by atoms with van der Waals surface area (Å²) in [5.74, 6) is 0.243. The molecule has 0 aromatic heterocycles. The second-order valence-corrected chi connectivity index (χ2v) is 5.57. The van der Waals surface area contributed by atoms with Crippen LogP contribution in [0.15, 0.2) is 35.4 Å². The van der Waals surface area contributed by atoms with Gasteiger partial charge in [-0.3, -0.25) is 4.79 Å². The molecule has 1 aliphatic carbocycles. The molecular formula is C16H22N4O. The van der Waals surface area contributed by atoms with E-state index in [0.29, 0.717) is 13.1 Å². The van der Waals surface area contributed by atoms with Crippen LogP contribution in [-0.4, -0.2) is 29.9 Å². The number of azide groups is 1. The molecule has 0 heterocycles. The molecule has 2 rings (SSSR count). The van der Waals surface area contributed by atoms with Crippen LogP contribution in [0.2, 0.25) is 0 Å². The molecule has 1 aliphatic rings. The number of benzene rings is 1. The van der Waals surface area contributed by atoms with Crippen molar-refractivity contribution in [2.45, 2.75) is 38.6 Å². The molecule has 5 heteroatoms. The van der Waals surface area contributed by atoms with Crippen LogP contribution < -0.4 is 0 Å². The van der Waals surface area contributed by atoms with Crippen LogP contribution in [0.1, 0.15) is 32.8 Å². The van der Waals surface area contributed by atoms with E-state index in [2.05, 4.69) is 10.0 Å². The van der Waals surface area contributed by atoms with Gasteiger partial charge in [-0.25, -0.2) is 0 Å². The van der Waals surface area contributed by atoms with Gasteiger partial charge in [-0.1, -0.05) is 42.4 Å². The van der Waals surface area contributed by atoms with Crippen LogP contribution in [0.5, 0.6) is 0 Å². The van der Waals surface area contributed by atoms with E-state index < -0.39 is 5.41 Å². The Hall–Kier alpha value is -2.00. The minimum atomic E-state index is -0.513. The van der Waals surface area contributed by atoms with Crippen molar-refractivity contribution in [2.75, 3.05) is 13.1 Å². The van der Waals surface area contributed by atoms with Crippen molar-refractivity contribution in [1.29, 1.82) is 0 Å². The fourth-order valence-corrected chi connectivity index (χ4v) is 3.26. The Morgan fingerprint density at radius 3 is 2.57 bits per heavy atom. The average Bonchev–Trinajstić information content (AvgIpc) is 3.26. The molecule has 21 heavy (non-hydrogen) atoms. The lowest BCUT2D eigenvalue weighted by molar-refractivity contribution is -0.134. The first-order valence-electron chi connectivity index (χ1n) is 7.50. The number of nitrogens with zero attached hydrogens (tertiary/aromatic N) is 4. The fraction of sp³-hybridized carbons (Fsp3) is 0.562. The quantitative estimate of drug-likeness (QED) is 0.448. The van der Waals surface area contributed by atoms with Gasteiger partial charge in [0.2, 0.25) is 5.91 Å². The predicted molar refractivity (Wildman–Crippen MR) is 82.8 cm³/mol. The van der Waals surface area contributed by atoms with E-state index in [9.17, 15) is 4.79 Å². The number of likely N-dealkylation sites (N-methyl/N-ethyl adjacent to an activating group) is 1. The standard InChI is InChI=1S/C16H22N4O/c1-4-20(5-2)15(21)16(13-9-7-6-8-10-13)11-14(16)12(3)18-19-17/h6-10,12,14H,4-5,11H2,1-3H3/t12?,14-,16+/m1/s1. The average molecular weight is 286 g/mol. The first-order chi connectivity index (χ1) is 10.1. The molecule has 1 aromatic carbocycles. The van der Waals surface area contributed by atoms with Gasteiger partial charge in [0.25, 0.3) is 0 Å². The van der Waals surface area contributed by atoms with Gasteiger partial charge in [0.1, 0.15) is 0 Å². The van der Waals surface area contributed by atoms with Crippen LogP contribution in [0, 0.1) is 5.92 Å². The molecule has 0 radical (unpaired) electrons. The summed E-state index contributed by atoms with van der Waals surface area (Å²) in [6.45, 7) is 7.28. The van der Waals surface area contributed by atoms with Crippen molar-refractivity contribution in [3.63, 3.8) is 0 Å². The molecule has 1 saturated carbocycles. The van der Waals surface area contributed by atoms with E-state index in [4.69, 9.17) is 5.53 Å². The molecule has 1 amide bonds. The molecule has 0 N–H and O–H groups in total. The number of amides is 1. The molecule has 0 aliphatic heterocycles. The van der Waals surface area contributed by atoms with Crippen LogP contribution >= 0.6 is 0 Å². The lowest BCUT2D eigenvalue weighted by Gasteiger charge is -2.27. The Morgan fingerprint density at radius 1 is 1.43 bits per heavy atom. The molecule has 0 saturated heterocycles. The number of carbonyl (C=O) groups excluding carboxylic acids is 1. The Balaban J connectivity index is 2.39. The van der Waals surface area contributed by atoms with Crippen molar-refractivity contribution in [1.82, 2.24) is 4.90 Å². The van der Waals surface area contributed by atoms with E-state index in [1.165, 1.54) is 0 Å². The van der Waals surface area contributed by atoms with Gasteiger partial charge in [-0.2, -0.15) is 0 Å². The normalized spacial score (nSPS) is 24.8. The molecule has 112 valence electrons. The number of rotatable bonds is 6. The zero-order chi connectivity index (χ0) is 15.5. The van der Waals surface area contributed by atoms with Gasteiger partial charge in [0.05, 0.1) is 5.41 Å². The Bertz CT molecular complexity index is 549. The van der Waals surface area contributed by atoms with Crippen LogP contribution in [0.3, 0.4) is 0 Å². The Kier molecular flexibility index (Phi) is 4.53. The van der Waals surface area contributed by atoms with Gasteiger partial charge < -0.3 is 4.90 Å². The third kappa shape index (κ3) is 2.61. The highest BCUT2D eigenvalue weighted by atomic mass is 16.2. The summed E-state index contributed by atoms with van der Waals surface area (Å²) < 4.78 is 0. The lowest BCUT2D eigenvalue weighted by Crippen LogP contribution is -2.41. The minimum Gasteiger partial charge on any atom is -0.342 e. The summed E-state index contributed by atoms with van der Waals surface area (Å²) in [5, 5.41) is 3.81. The second kappa shape index (κ2) is 6.19.